The first-order valence-corrected chi connectivity index (χ1v) is 7.58. The molecule has 0 saturated heterocycles. The maximum atomic E-state index is 11.0. The summed E-state index contributed by atoms with van der Waals surface area (Å²) in [6.45, 7) is 0. The van der Waals surface area contributed by atoms with Crippen LogP contribution in [0.25, 0.3) is 21.6 Å². The van der Waals surface area contributed by atoms with Crippen molar-refractivity contribution in [1.82, 2.24) is 0 Å². The quantitative estimate of drug-likeness (QED) is 0.751. The predicted octanol–water partition coefficient (Wildman–Crippen LogP) is 4.36. The molecule has 0 aliphatic rings. The lowest BCUT2D eigenvalue weighted by Gasteiger charge is -2.02. The summed E-state index contributed by atoms with van der Waals surface area (Å²) >= 11 is 1.31. The van der Waals surface area contributed by atoms with Crippen LogP contribution >= 0.6 is 11.3 Å². The first-order chi connectivity index (χ1) is 11.1. The lowest BCUT2D eigenvalue weighted by Crippen LogP contribution is -1.96. The predicted molar refractivity (Wildman–Crippen MR) is 88.5 cm³/mol. The monoisotopic (exact) mass is 321 g/mol. The van der Waals surface area contributed by atoms with Gasteiger partial charge in [0.15, 0.2) is 0 Å². The number of phenols is 1. The maximum absolute atomic E-state index is 11.0. The summed E-state index contributed by atoms with van der Waals surface area (Å²) in [6, 6.07) is 18.0. The van der Waals surface area contributed by atoms with Crippen LogP contribution in [-0.4, -0.2) is 16.2 Å². The van der Waals surface area contributed by atoms with Gasteiger partial charge in [-0.1, -0.05) is 36.4 Å². The summed E-state index contributed by atoms with van der Waals surface area (Å²) in [5.41, 5.74) is 2.30. The van der Waals surface area contributed by atoms with Crippen molar-refractivity contribution in [2.24, 2.45) is 0 Å². The Balaban J connectivity index is 2.09. The van der Waals surface area contributed by atoms with E-state index in [2.05, 4.69) is 6.07 Å². The lowest BCUT2D eigenvalue weighted by molar-refractivity contribution is 0.0694. The van der Waals surface area contributed by atoms with Gasteiger partial charge in [0.2, 0.25) is 0 Å². The van der Waals surface area contributed by atoms with E-state index in [1.54, 1.807) is 6.07 Å². The molecular formula is C18H11NO3S. The number of hydrogen-bond donors (Lipinski definition) is 2. The summed E-state index contributed by atoms with van der Waals surface area (Å²) in [5.74, 6) is -1.47. The number of thiophene rings is 1. The Kier molecular flexibility index (Phi) is 3.83. The zero-order chi connectivity index (χ0) is 16.4. The van der Waals surface area contributed by atoms with E-state index in [9.17, 15) is 15.2 Å². The van der Waals surface area contributed by atoms with Gasteiger partial charge in [-0.05, 0) is 29.3 Å². The Bertz CT molecular complexity index is 923. The normalized spacial score (nSPS) is 10.2. The van der Waals surface area contributed by atoms with Gasteiger partial charge in [0.25, 0.3) is 0 Å². The molecule has 4 nitrogen and oxygen atoms in total. The van der Waals surface area contributed by atoms with E-state index in [1.807, 2.05) is 36.4 Å². The number of benzene rings is 2. The third kappa shape index (κ3) is 2.80. The van der Waals surface area contributed by atoms with Gasteiger partial charge in [-0.3, -0.25) is 0 Å². The van der Waals surface area contributed by atoms with Gasteiger partial charge >= 0.3 is 5.97 Å². The fraction of sp³-hybridized carbons (Fsp3) is 0. The Morgan fingerprint density at radius 3 is 2.39 bits per heavy atom. The van der Waals surface area contributed by atoms with E-state index in [0.29, 0.717) is 10.4 Å². The summed E-state index contributed by atoms with van der Waals surface area (Å²) in [5, 5.41) is 28.1. The molecule has 23 heavy (non-hydrogen) atoms. The molecule has 3 aromatic rings. The molecule has 0 aliphatic carbocycles. The van der Waals surface area contributed by atoms with Gasteiger partial charge in [0, 0.05) is 10.4 Å². The Labute approximate surface area is 136 Å². The van der Waals surface area contributed by atoms with Gasteiger partial charge in [0.1, 0.15) is 22.3 Å². The smallest absolute Gasteiger partial charge is 0.339 e. The van der Waals surface area contributed by atoms with Crippen LogP contribution in [0.2, 0.25) is 0 Å². The van der Waals surface area contributed by atoms with E-state index >= 15 is 0 Å². The fourth-order valence-corrected chi connectivity index (χ4v) is 3.29. The standard InChI is InChI=1S/C18H11NO3S/c19-10-17-14(11-4-2-1-3-5-11)9-16(23-17)12-6-7-13(18(21)22)15(20)8-12/h1-9,20H,(H,21,22). The summed E-state index contributed by atoms with van der Waals surface area (Å²) in [4.78, 5) is 12.3. The topological polar surface area (TPSA) is 81.3 Å². The second-order valence-corrected chi connectivity index (χ2v) is 5.92. The Hall–Kier alpha value is -3.10. The molecule has 0 saturated carbocycles. The Morgan fingerprint density at radius 1 is 1.04 bits per heavy atom. The first kappa shape index (κ1) is 14.8. The third-order valence-electron chi connectivity index (χ3n) is 3.43. The molecule has 0 bridgehead atoms. The van der Waals surface area contributed by atoms with Gasteiger partial charge in [-0.25, -0.2) is 4.79 Å². The van der Waals surface area contributed by atoms with Crippen LogP contribution in [0, 0.1) is 11.3 Å². The largest absolute Gasteiger partial charge is 0.507 e. The molecule has 0 atom stereocenters. The number of nitriles is 1. The van der Waals surface area contributed by atoms with Crippen LogP contribution in [0.15, 0.2) is 54.6 Å². The van der Waals surface area contributed by atoms with Gasteiger partial charge in [-0.15, -0.1) is 11.3 Å². The van der Waals surface area contributed by atoms with Crippen LogP contribution in [-0.2, 0) is 0 Å². The fourth-order valence-electron chi connectivity index (χ4n) is 2.31. The zero-order valence-electron chi connectivity index (χ0n) is 11.9. The minimum atomic E-state index is -1.18. The van der Waals surface area contributed by atoms with E-state index in [0.717, 1.165) is 16.0 Å². The van der Waals surface area contributed by atoms with Crippen molar-refractivity contribution in [2.75, 3.05) is 0 Å². The highest BCUT2D eigenvalue weighted by Crippen LogP contribution is 2.38. The minimum absolute atomic E-state index is 0.144. The first-order valence-electron chi connectivity index (χ1n) is 6.76. The third-order valence-corrected chi connectivity index (χ3v) is 4.52. The minimum Gasteiger partial charge on any atom is -0.507 e. The van der Waals surface area contributed by atoms with Crippen LogP contribution < -0.4 is 0 Å². The number of aromatic hydroxyl groups is 1. The van der Waals surface area contributed by atoms with E-state index < -0.39 is 5.97 Å². The molecule has 1 aromatic heterocycles. The van der Waals surface area contributed by atoms with Crippen molar-refractivity contribution in [3.8, 4) is 33.4 Å². The van der Waals surface area contributed by atoms with Crippen LogP contribution in [0.3, 0.4) is 0 Å². The molecule has 2 N–H and O–H groups in total. The highest BCUT2D eigenvalue weighted by Gasteiger charge is 2.15. The molecule has 0 spiro atoms. The molecule has 112 valence electrons. The van der Waals surface area contributed by atoms with E-state index in [-0.39, 0.29) is 11.3 Å². The number of aromatic carboxylic acids is 1. The molecule has 0 unspecified atom stereocenters. The van der Waals surface area contributed by atoms with Crippen LogP contribution in [0.4, 0.5) is 0 Å². The van der Waals surface area contributed by atoms with Gasteiger partial charge in [-0.2, -0.15) is 5.26 Å². The van der Waals surface area contributed by atoms with Crippen LogP contribution in [0.1, 0.15) is 15.2 Å². The lowest BCUT2D eigenvalue weighted by atomic mass is 10.0. The average Bonchev–Trinajstić information content (AvgIpc) is 2.99. The van der Waals surface area contributed by atoms with Crippen LogP contribution in [0.5, 0.6) is 5.75 Å². The van der Waals surface area contributed by atoms with E-state index in [4.69, 9.17) is 5.11 Å². The average molecular weight is 321 g/mol. The summed E-state index contributed by atoms with van der Waals surface area (Å²) in [7, 11) is 0. The van der Waals surface area contributed by atoms with Gasteiger partial charge in [0.05, 0.1) is 0 Å². The highest BCUT2D eigenvalue weighted by atomic mass is 32.1. The number of hydrogen-bond acceptors (Lipinski definition) is 4. The number of carbonyl (C=O) groups is 1. The second-order valence-electron chi connectivity index (χ2n) is 4.87. The molecule has 2 aromatic carbocycles. The van der Waals surface area contributed by atoms with Crippen molar-refractivity contribution in [2.45, 2.75) is 0 Å². The van der Waals surface area contributed by atoms with Crippen molar-refractivity contribution in [1.29, 1.82) is 5.26 Å². The Morgan fingerprint density at radius 2 is 1.78 bits per heavy atom. The van der Waals surface area contributed by atoms with Gasteiger partial charge < -0.3 is 10.2 Å². The SMILES string of the molecule is N#Cc1sc(-c2ccc(C(=O)O)c(O)c2)cc1-c1ccccc1. The molecule has 0 fully saturated rings. The molecule has 0 amide bonds. The summed E-state index contributed by atoms with van der Waals surface area (Å²) < 4.78 is 0. The molecular weight excluding hydrogens is 310 g/mol. The van der Waals surface area contributed by atoms with Crippen molar-refractivity contribution >= 4 is 17.3 Å². The molecule has 0 radical (unpaired) electrons. The highest BCUT2D eigenvalue weighted by molar-refractivity contribution is 7.16. The van der Waals surface area contributed by atoms with Crippen molar-refractivity contribution < 1.29 is 15.0 Å². The molecule has 3 rings (SSSR count). The van der Waals surface area contributed by atoms with Crippen molar-refractivity contribution in [3.63, 3.8) is 0 Å². The number of carboxylic acids is 1. The van der Waals surface area contributed by atoms with Crippen molar-refractivity contribution in [3.05, 3.63) is 65.0 Å². The number of rotatable bonds is 3. The number of nitrogens with zero attached hydrogens (tertiary/aromatic N) is 1. The second kappa shape index (κ2) is 5.95. The molecule has 5 heteroatoms. The van der Waals surface area contributed by atoms with E-state index in [1.165, 1.54) is 23.5 Å². The zero-order valence-corrected chi connectivity index (χ0v) is 12.7. The maximum Gasteiger partial charge on any atom is 0.339 e. The molecule has 0 aliphatic heterocycles. The number of carboxylic acid groups (broad SMARTS) is 1. The summed E-state index contributed by atoms with van der Waals surface area (Å²) in [6.07, 6.45) is 0. The molecule has 1 heterocycles.